The minimum atomic E-state index is -3.24. The summed E-state index contributed by atoms with van der Waals surface area (Å²) in [5.41, 5.74) is 0.580. The number of carbonyl (C=O) groups is 1. The van der Waals surface area contributed by atoms with Crippen LogP contribution in [-0.4, -0.2) is 19.0 Å². The van der Waals surface area contributed by atoms with Crippen molar-refractivity contribution in [2.75, 3.05) is 9.98 Å². The van der Waals surface area contributed by atoms with Crippen LogP contribution < -0.4 is 5.32 Å². The zero-order chi connectivity index (χ0) is 11.5. The molecule has 1 rings (SSSR count). The predicted octanol–water partition coefficient (Wildman–Crippen LogP) is 1.77. The van der Waals surface area contributed by atoms with Gasteiger partial charge >= 0.3 is 0 Å². The van der Waals surface area contributed by atoms with Gasteiger partial charge in [0.05, 0.1) is 4.90 Å². The molecule has 0 heterocycles. The van der Waals surface area contributed by atoms with Crippen LogP contribution in [0, 0.1) is 0 Å². The summed E-state index contributed by atoms with van der Waals surface area (Å²) in [6.07, 6.45) is 0. The Morgan fingerprint density at radius 3 is 2.27 bits per heavy atom. The lowest BCUT2D eigenvalue weighted by molar-refractivity contribution is -0.114. The van der Waals surface area contributed by atoms with Crippen molar-refractivity contribution in [3.05, 3.63) is 24.3 Å². The van der Waals surface area contributed by atoms with Crippen LogP contribution in [0.1, 0.15) is 6.92 Å². The molecule has 0 atom stereocenters. The number of hydrogen-bond acceptors (Lipinski definition) is 3. The highest BCUT2D eigenvalue weighted by molar-refractivity contribution is 9.10. The lowest BCUT2D eigenvalue weighted by Gasteiger charge is -2.03. The first-order valence-corrected chi connectivity index (χ1v) is 6.89. The van der Waals surface area contributed by atoms with Gasteiger partial charge in [-0.3, -0.25) is 4.79 Å². The van der Waals surface area contributed by atoms with E-state index < -0.39 is 9.84 Å². The van der Waals surface area contributed by atoms with Gasteiger partial charge in [0.25, 0.3) is 0 Å². The molecular formula is C9H10BrNO3S. The van der Waals surface area contributed by atoms with Crippen LogP contribution in [0.5, 0.6) is 0 Å². The Kier molecular flexibility index (Phi) is 3.87. The Morgan fingerprint density at radius 1 is 1.33 bits per heavy atom. The summed E-state index contributed by atoms with van der Waals surface area (Å²) in [6, 6.07) is 6.03. The van der Waals surface area contributed by atoms with Crippen LogP contribution in [0.25, 0.3) is 0 Å². The topological polar surface area (TPSA) is 63.2 Å². The lowest BCUT2D eigenvalue weighted by Crippen LogP contribution is -2.06. The van der Waals surface area contributed by atoms with Crippen LogP contribution in [0.15, 0.2) is 29.2 Å². The molecule has 4 nitrogen and oxygen atoms in total. The van der Waals surface area contributed by atoms with E-state index in [0.29, 0.717) is 5.69 Å². The lowest BCUT2D eigenvalue weighted by atomic mass is 10.3. The molecule has 15 heavy (non-hydrogen) atoms. The van der Waals surface area contributed by atoms with Gasteiger partial charge < -0.3 is 5.32 Å². The van der Waals surface area contributed by atoms with Crippen molar-refractivity contribution < 1.29 is 13.2 Å². The van der Waals surface area contributed by atoms with Crippen LogP contribution in [-0.2, 0) is 14.6 Å². The number of rotatable bonds is 3. The number of anilines is 1. The Balaban J connectivity index is 2.95. The fraction of sp³-hybridized carbons (Fsp3) is 0.222. The molecule has 0 bridgehead atoms. The summed E-state index contributed by atoms with van der Waals surface area (Å²) >= 11 is 2.91. The second kappa shape index (κ2) is 4.76. The molecule has 1 aromatic carbocycles. The molecule has 0 aromatic heterocycles. The molecule has 0 spiro atoms. The number of hydrogen-bond donors (Lipinski definition) is 1. The Hall–Kier alpha value is -0.880. The molecule has 0 unspecified atom stereocenters. The van der Waals surface area contributed by atoms with Crippen LogP contribution in [0.4, 0.5) is 5.69 Å². The van der Waals surface area contributed by atoms with Gasteiger partial charge in [-0.05, 0) is 24.3 Å². The van der Waals surface area contributed by atoms with Gasteiger partial charge in [-0.2, -0.15) is 0 Å². The highest BCUT2D eigenvalue weighted by Crippen LogP contribution is 2.16. The number of sulfone groups is 1. The maximum absolute atomic E-state index is 11.4. The highest BCUT2D eigenvalue weighted by Gasteiger charge is 2.11. The monoisotopic (exact) mass is 291 g/mol. The molecule has 0 radical (unpaired) electrons. The number of amides is 1. The van der Waals surface area contributed by atoms with Gasteiger partial charge in [0.1, 0.15) is 4.66 Å². The molecule has 0 fully saturated rings. The molecule has 0 aliphatic rings. The zero-order valence-corrected chi connectivity index (χ0v) is 10.4. The zero-order valence-electron chi connectivity index (χ0n) is 8.03. The van der Waals surface area contributed by atoms with Gasteiger partial charge in [0.2, 0.25) is 5.91 Å². The average molecular weight is 292 g/mol. The molecule has 82 valence electrons. The minimum absolute atomic E-state index is 0.112. The van der Waals surface area contributed by atoms with Gasteiger partial charge in [0, 0.05) is 12.6 Å². The summed E-state index contributed by atoms with van der Waals surface area (Å²) in [7, 11) is -3.24. The first kappa shape index (κ1) is 12.2. The molecule has 6 heteroatoms. The predicted molar refractivity (Wildman–Crippen MR) is 61.7 cm³/mol. The van der Waals surface area contributed by atoms with Crippen molar-refractivity contribution in [3.8, 4) is 0 Å². The average Bonchev–Trinajstić information content (AvgIpc) is 2.18. The third-order valence-corrected chi connectivity index (χ3v) is 4.76. The van der Waals surface area contributed by atoms with Crippen molar-refractivity contribution in [2.45, 2.75) is 11.8 Å². The normalized spacial score (nSPS) is 11.1. The Morgan fingerprint density at radius 2 is 1.87 bits per heavy atom. The maximum Gasteiger partial charge on any atom is 0.221 e. The second-order valence-electron chi connectivity index (χ2n) is 2.93. The molecule has 0 aliphatic carbocycles. The van der Waals surface area contributed by atoms with E-state index in [1.54, 1.807) is 12.1 Å². The third kappa shape index (κ3) is 3.32. The minimum Gasteiger partial charge on any atom is -0.326 e. The molecule has 0 saturated heterocycles. The summed E-state index contributed by atoms with van der Waals surface area (Å²) in [5.74, 6) is -0.189. The smallest absolute Gasteiger partial charge is 0.221 e. The van der Waals surface area contributed by atoms with Crippen molar-refractivity contribution >= 4 is 37.4 Å². The number of halogens is 1. The van der Waals surface area contributed by atoms with Gasteiger partial charge in [-0.15, -0.1) is 0 Å². The summed E-state index contributed by atoms with van der Waals surface area (Å²) in [4.78, 5) is 10.9. The van der Waals surface area contributed by atoms with Gasteiger partial charge in [-0.25, -0.2) is 8.42 Å². The number of carbonyl (C=O) groups excluding carboxylic acids is 1. The maximum atomic E-state index is 11.4. The first-order valence-electron chi connectivity index (χ1n) is 4.12. The number of alkyl halides is 1. The standard InChI is InChI=1S/C9H10BrNO3S/c1-7(12)11-8-2-4-9(5-3-8)15(13,14)6-10/h2-5H,6H2,1H3,(H,11,12). The van der Waals surface area contributed by atoms with E-state index in [9.17, 15) is 13.2 Å². The van der Waals surface area contributed by atoms with E-state index in [2.05, 4.69) is 21.2 Å². The Bertz CT molecular complexity index is 453. The molecular weight excluding hydrogens is 282 g/mol. The SMILES string of the molecule is CC(=O)Nc1ccc(S(=O)(=O)CBr)cc1. The number of nitrogens with one attached hydrogen (secondary N) is 1. The summed E-state index contributed by atoms with van der Waals surface area (Å²) in [6.45, 7) is 1.39. The Labute approximate surface area is 96.7 Å². The van der Waals surface area contributed by atoms with Gasteiger partial charge in [-0.1, -0.05) is 15.9 Å². The first-order chi connectivity index (χ1) is 6.95. The van der Waals surface area contributed by atoms with E-state index in [-0.39, 0.29) is 15.5 Å². The fourth-order valence-electron chi connectivity index (χ4n) is 1.01. The molecule has 1 N–H and O–H groups in total. The molecule has 1 amide bonds. The summed E-state index contributed by atoms with van der Waals surface area (Å²) in [5, 5.41) is 2.56. The molecule has 0 aliphatic heterocycles. The van der Waals surface area contributed by atoms with E-state index >= 15 is 0 Å². The largest absolute Gasteiger partial charge is 0.326 e. The second-order valence-corrected chi connectivity index (χ2v) is 6.22. The van der Waals surface area contributed by atoms with E-state index in [0.717, 1.165) is 0 Å². The molecule has 1 aromatic rings. The van der Waals surface area contributed by atoms with E-state index in [1.807, 2.05) is 0 Å². The molecule has 0 saturated carbocycles. The summed E-state index contributed by atoms with van der Waals surface area (Å²) < 4.78 is 22.7. The van der Waals surface area contributed by atoms with Crippen molar-refractivity contribution in [3.63, 3.8) is 0 Å². The van der Waals surface area contributed by atoms with Crippen molar-refractivity contribution in [1.29, 1.82) is 0 Å². The van der Waals surface area contributed by atoms with Crippen LogP contribution in [0.2, 0.25) is 0 Å². The van der Waals surface area contributed by atoms with Crippen molar-refractivity contribution in [2.24, 2.45) is 0 Å². The fourth-order valence-corrected chi connectivity index (χ4v) is 2.48. The van der Waals surface area contributed by atoms with Crippen molar-refractivity contribution in [1.82, 2.24) is 0 Å². The van der Waals surface area contributed by atoms with E-state index in [4.69, 9.17) is 0 Å². The third-order valence-electron chi connectivity index (χ3n) is 1.68. The quantitative estimate of drug-likeness (QED) is 0.864. The van der Waals surface area contributed by atoms with Crippen LogP contribution in [0.3, 0.4) is 0 Å². The highest BCUT2D eigenvalue weighted by atomic mass is 79.9. The van der Waals surface area contributed by atoms with Crippen LogP contribution >= 0.6 is 15.9 Å². The number of benzene rings is 1. The van der Waals surface area contributed by atoms with Gasteiger partial charge in [0.15, 0.2) is 9.84 Å². The van der Waals surface area contributed by atoms with E-state index in [1.165, 1.54) is 19.1 Å².